The number of hydrogen-bond donors (Lipinski definition) is 0. The normalized spacial score (nSPS) is 11.8. The molecule has 3 aromatic carbocycles. The van der Waals surface area contributed by atoms with Gasteiger partial charge in [0.1, 0.15) is 17.3 Å². The van der Waals surface area contributed by atoms with Gasteiger partial charge in [0.2, 0.25) is 0 Å². The molecule has 0 saturated carbocycles. The van der Waals surface area contributed by atoms with E-state index in [2.05, 4.69) is 5.10 Å². The molecule has 0 aliphatic rings. The highest BCUT2D eigenvalue weighted by Crippen LogP contribution is 2.37. The summed E-state index contributed by atoms with van der Waals surface area (Å²) in [6, 6.07) is 10.5. The fourth-order valence-corrected chi connectivity index (χ4v) is 3.66. The zero-order valence-electron chi connectivity index (χ0n) is 15.8. The largest absolute Gasteiger partial charge is 0.417 e. The molecular formula is C22H12ClF5N2O. The number of hydrogen-bond acceptors (Lipinski definition) is 2. The fraction of sp³-hybridized carbons (Fsp3) is 0.0909. The van der Waals surface area contributed by atoms with Crippen LogP contribution in [0, 0.1) is 18.6 Å². The van der Waals surface area contributed by atoms with Gasteiger partial charge in [-0.2, -0.15) is 23.0 Å². The summed E-state index contributed by atoms with van der Waals surface area (Å²) in [5.74, 6) is -2.56. The maximum Gasteiger partial charge on any atom is 0.417 e. The van der Waals surface area contributed by atoms with Gasteiger partial charge in [0.05, 0.1) is 27.1 Å². The van der Waals surface area contributed by atoms with Gasteiger partial charge in [-0.15, -0.1) is 0 Å². The van der Waals surface area contributed by atoms with Crippen LogP contribution in [0.2, 0.25) is 5.02 Å². The van der Waals surface area contributed by atoms with Crippen molar-refractivity contribution in [2.45, 2.75) is 13.1 Å². The molecule has 0 fully saturated rings. The van der Waals surface area contributed by atoms with E-state index in [1.165, 1.54) is 24.3 Å². The first kappa shape index (κ1) is 21.0. The molecule has 0 aliphatic heterocycles. The third kappa shape index (κ3) is 3.57. The Morgan fingerprint density at radius 1 is 1.03 bits per heavy atom. The molecule has 0 saturated heterocycles. The Balaban J connectivity index is 2.03. The summed E-state index contributed by atoms with van der Waals surface area (Å²) in [7, 11) is 0. The third-order valence-corrected chi connectivity index (χ3v) is 5.15. The Bertz CT molecular complexity index is 1340. The number of benzene rings is 3. The molecule has 0 bridgehead atoms. The van der Waals surface area contributed by atoms with E-state index in [0.29, 0.717) is 10.2 Å². The minimum atomic E-state index is -4.86. The monoisotopic (exact) mass is 450 g/mol. The van der Waals surface area contributed by atoms with Gasteiger partial charge in [0.25, 0.3) is 5.91 Å². The zero-order valence-corrected chi connectivity index (χ0v) is 16.5. The van der Waals surface area contributed by atoms with Crippen molar-refractivity contribution in [2.75, 3.05) is 0 Å². The van der Waals surface area contributed by atoms with E-state index < -0.39 is 39.9 Å². The van der Waals surface area contributed by atoms with Gasteiger partial charge in [-0.25, -0.2) is 8.78 Å². The van der Waals surface area contributed by atoms with Crippen molar-refractivity contribution in [3.8, 4) is 11.3 Å². The van der Waals surface area contributed by atoms with Crippen molar-refractivity contribution >= 4 is 28.4 Å². The Kier molecular flexibility index (Phi) is 5.05. The average molecular weight is 451 g/mol. The van der Waals surface area contributed by atoms with E-state index in [0.717, 1.165) is 30.3 Å². The summed E-state index contributed by atoms with van der Waals surface area (Å²) in [6.45, 7) is 1.64. The van der Waals surface area contributed by atoms with Gasteiger partial charge in [0, 0.05) is 5.56 Å². The van der Waals surface area contributed by atoms with Gasteiger partial charge in [-0.05, 0) is 48.9 Å². The number of fused-ring (bicyclic) bond motifs is 1. The lowest BCUT2D eigenvalue weighted by atomic mass is 10.0. The van der Waals surface area contributed by atoms with Crippen LogP contribution in [0.5, 0.6) is 0 Å². The molecule has 4 aromatic rings. The smallest absolute Gasteiger partial charge is 0.267 e. The molecule has 0 spiro atoms. The highest BCUT2D eigenvalue weighted by Gasteiger charge is 2.37. The average Bonchev–Trinajstić information content (AvgIpc) is 3.09. The number of aromatic nitrogens is 2. The number of nitrogens with zero attached hydrogens (tertiary/aromatic N) is 2. The second-order valence-electron chi connectivity index (χ2n) is 6.82. The predicted molar refractivity (Wildman–Crippen MR) is 106 cm³/mol. The molecule has 1 aromatic heterocycles. The summed E-state index contributed by atoms with van der Waals surface area (Å²) in [4.78, 5) is 13.2. The number of carbonyl (C=O) groups is 1. The summed E-state index contributed by atoms with van der Waals surface area (Å²) in [5.41, 5.74) is -1.45. The number of alkyl halides is 3. The molecule has 3 nitrogen and oxygen atoms in total. The standard InChI is InChI=1S/C22H12ClF5N2O/c1-11-8-9-12(24)10-13(11)20-19-16(25)6-3-7-17(19)30(29-20)21(31)18-14(22(26,27)28)4-2-5-15(18)23/h2-10H,1H3. The Labute approximate surface area is 177 Å². The highest BCUT2D eigenvalue weighted by molar-refractivity contribution is 6.34. The summed E-state index contributed by atoms with van der Waals surface area (Å²) in [6.07, 6.45) is -4.86. The Hall–Kier alpha value is -3.26. The molecule has 0 aliphatic carbocycles. The van der Waals surface area contributed by atoms with Crippen LogP contribution < -0.4 is 0 Å². The molecule has 0 unspecified atom stereocenters. The first-order chi connectivity index (χ1) is 14.6. The van der Waals surface area contributed by atoms with E-state index >= 15 is 0 Å². The molecule has 0 radical (unpaired) electrons. The summed E-state index contributed by atoms with van der Waals surface area (Å²) in [5, 5.41) is 3.55. The maximum absolute atomic E-state index is 14.7. The van der Waals surface area contributed by atoms with Crippen LogP contribution in [0.15, 0.2) is 54.6 Å². The van der Waals surface area contributed by atoms with E-state index in [1.807, 2.05) is 0 Å². The van der Waals surface area contributed by atoms with Crippen molar-refractivity contribution < 1.29 is 26.7 Å². The minimum Gasteiger partial charge on any atom is -0.267 e. The van der Waals surface area contributed by atoms with Crippen LogP contribution in [0.1, 0.15) is 21.5 Å². The minimum absolute atomic E-state index is 0.0703. The second-order valence-corrected chi connectivity index (χ2v) is 7.23. The predicted octanol–water partition coefficient (Wildman–Crippen LogP) is 6.65. The molecule has 1 heterocycles. The van der Waals surface area contributed by atoms with Crippen molar-refractivity contribution in [2.24, 2.45) is 0 Å². The molecule has 0 amide bonds. The number of rotatable bonds is 2. The molecule has 0 atom stereocenters. The van der Waals surface area contributed by atoms with Gasteiger partial charge in [-0.3, -0.25) is 4.79 Å². The van der Waals surface area contributed by atoms with Gasteiger partial charge < -0.3 is 0 Å². The van der Waals surface area contributed by atoms with Crippen molar-refractivity contribution in [3.63, 3.8) is 0 Å². The molecule has 0 N–H and O–H groups in total. The molecule has 158 valence electrons. The van der Waals surface area contributed by atoms with E-state index in [-0.39, 0.29) is 22.2 Å². The molecular weight excluding hydrogens is 439 g/mol. The van der Waals surface area contributed by atoms with Crippen LogP contribution in [0.3, 0.4) is 0 Å². The van der Waals surface area contributed by atoms with Crippen LogP contribution in [-0.4, -0.2) is 15.7 Å². The zero-order chi connectivity index (χ0) is 22.5. The summed E-state index contributed by atoms with van der Waals surface area (Å²) < 4.78 is 69.8. The van der Waals surface area contributed by atoms with E-state index in [9.17, 15) is 26.7 Å². The van der Waals surface area contributed by atoms with Gasteiger partial charge in [-0.1, -0.05) is 29.8 Å². The lowest BCUT2D eigenvalue weighted by Crippen LogP contribution is -2.20. The van der Waals surface area contributed by atoms with E-state index in [4.69, 9.17) is 11.6 Å². The highest BCUT2D eigenvalue weighted by atomic mass is 35.5. The lowest BCUT2D eigenvalue weighted by Gasteiger charge is -2.13. The topological polar surface area (TPSA) is 34.9 Å². The SMILES string of the molecule is Cc1ccc(F)cc1-c1nn(C(=O)c2c(Cl)cccc2C(F)(F)F)c2cccc(F)c12. The van der Waals surface area contributed by atoms with Crippen LogP contribution in [0.25, 0.3) is 22.2 Å². The van der Waals surface area contributed by atoms with Crippen LogP contribution in [-0.2, 0) is 6.18 Å². The van der Waals surface area contributed by atoms with Gasteiger partial charge >= 0.3 is 6.18 Å². The Morgan fingerprint density at radius 3 is 2.45 bits per heavy atom. The maximum atomic E-state index is 14.7. The molecule has 9 heteroatoms. The van der Waals surface area contributed by atoms with Gasteiger partial charge in [0.15, 0.2) is 0 Å². The quantitative estimate of drug-likeness (QED) is 0.320. The number of carbonyl (C=O) groups excluding carboxylic acids is 1. The van der Waals surface area contributed by atoms with Crippen LogP contribution >= 0.6 is 11.6 Å². The molecule has 31 heavy (non-hydrogen) atoms. The summed E-state index contributed by atoms with van der Waals surface area (Å²) >= 11 is 5.95. The molecule has 4 rings (SSSR count). The first-order valence-electron chi connectivity index (χ1n) is 8.93. The first-order valence-corrected chi connectivity index (χ1v) is 9.31. The van der Waals surface area contributed by atoms with Crippen molar-refractivity contribution in [3.05, 3.63) is 87.9 Å². The fourth-order valence-electron chi connectivity index (χ4n) is 3.40. The van der Waals surface area contributed by atoms with Crippen LogP contribution in [0.4, 0.5) is 22.0 Å². The van der Waals surface area contributed by atoms with E-state index in [1.54, 1.807) is 6.92 Å². The van der Waals surface area contributed by atoms with Crippen molar-refractivity contribution in [1.82, 2.24) is 9.78 Å². The second kappa shape index (κ2) is 7.46. The van der Waals surface area contributed by atoms with Crippen molar-refractivity contribution in [1.29, 1.82) is 0 Å². The number of aryl methyl sites for hydroxylation is 1. The lowest BCUT2D eigenvalue weighted by molar-refractivity contribution is -0.137. The Morgan fingerprint density at radius 2 is 1.74 bits per heavy atom. The third-order valence-electron chi connectivity index (χ3n) is 4.84. The number of halogens is 6.